The van der Waals surface area contributed by atoms with Crippen LogP contribution in [-0.4, -0.2) is 66.6 Å². The Kier molecular flexibility index (Phi) is 8.29. The molecule has 166 valence electrons. The van der Waals surface area contributed by atoms with Crippen LogP contribution >= 0.6 is 0 Å². The molecule has 0 radical (unpaired) electrons. The number of rotatable bonds is 5. The average Bonchev–Trinajstić information content (AvgIpc) is 2.74. The standard InChI is InChI=1S/C19H22N4O3S.C2H4O2/c20-19(21)16-8-6-15(7-9-16)14-18(24)22-10-12-23(13-11-22)27(25,26)17-4-2-1-3-5-17;1-2(3)4/h1-9H,10-14H2,(H3,20,21);1H3,(H,3,4). The third-order valence-electron chi connectivity index (χ3n) is 4.59. The number of nitrogens with one attached hydrogen (secondary N) is 1. The van der Waals surface area contributed by atoms with Crippen LogP contribution in [0.25, 0.3) is 0 Å². The molecule has 1 amide bonds. The van der Waals surface area contributed by atoms with E-state index in [4.69, 9.17) is 21.0 Å². The molecule has 1 aliphatic rings. The van der Waals surface area contributed by atoms with Crippen molar-refractivity contribution in [1.82, 2.24) is 9.21 Å². The van der Waals surface area contributed by atoms with E-state index in [0.717, 1.165) is 12.5 Å². The fraction of sp³-hybridized carbons (Fsp3) is 0.286. The van der Waals surface area contributed by atoms with Gasteiger partial charge >= 0.3 is 0 Å². The molecule has 1 heterocycles. The number of hydrogen-bond acceptors (Lipinski definition) is 5. The van der Waals surface area contributed by atoms with Crippen molar-refractivity contribution >= 4 is 27.7 Å². The van der Waals surface area contributed by atoms with Crippen LogP contribution in [0.2, 0.25) is 0 Å². The van der Waals surface area contributed by atoms with E-state index < -0.39 is 16.0 Å². The van der Waals surface area contributed by atoms with Crippen LogP contribution in [0.5, 0.6) is 0 Å². The first-order valence-corrected chi connectivity index (χ1v) is 11.0. The molecule has 2 aromatic rings. The molecule has 0 bridgehead atoms. The number of nitrogens with zero attached hydrogens (tertiary/aromatic N) is 2. The lowest BCUT2D eigenvalue weighted by Gasteiger charge is -2.34. The van der Waals surface area contributed by atoms with Crippen molar-refractivity contribution in [3.8, 4) is 0 Å². The van der Waals surface area contributed by atoms with Crippen molar-refractivity contribution in [2.75, 3.05) is 26.2 Å². The van der Waals surface area contributed by atoms with E-state index in [1.807, 2.05) is 0 Å². The van der Waals surface area contributed by atoms with Gasteiger partial charge in [-0.25, -0.2) is 8.42 Å². The zero-order valence-electron chi connectivity index (χ0n) is 17.2. The van der Waals surface area contributed by atoms with Crippen LogP contribution in [0.3, 0.4) is 0 Å². The van der Waals surface area contributed by atoms with Crippen molar-refractivity contribution in [3.05, 3.63) is 65.7 Å². The molecule has 3 rings (SSSR count). The number of nitrogens with two attached hydrogens (primary N) is 1. The highest BCUT2D eigenvalue weighted by molar-refractivity contribution is 7.89. The Balaban J connectivity index is 0.000000785. The van der Waals surface area contributed by atoms with Gasteiger partial charge in [0.2, 0.25) is 15.9 Å². The number of carbonyl (C=O) groups excluding carboxylic acids is 1. The maximum Gasteiger partial charge on any atom is 0.300 e. The number of piperazine rings is 1. The number of amidine groups is 1. The van der Waals surface area contributed by atoms with Crippen LogP contribution in [0.15, 0.2) is 59.5 Å². The van der Waals surface area contributed by atoms with E-state index in [-0.39, 0.29) is 36.1 Å². The van der Waals surface area contributed by atoms with Gasteiger partial charge in [0, 0.05) is 38.7 Å². The lowest BCUT2D eigenvalue weighted by Crippen LogP contribution is -2.50. The maximum absolute atomic E-state index is 12.6. The highest BCUT2D eigenvalue weighted by Crippen LogP contribution is 2.17. The van der Waals surface area contributed by atoms with Crippen LogP contribution in [0, 0.1) is 5.41 Å². The van der Waals surface area contributed by atoms with Crippen molar-refractivity contribution < 1.29 is 23.1 Å². The van der Waals surface area contributed by atoms with Gasteiger partial charge in [-0.2, -0.15) is 4.31 Å². The number of nitrogen functional groups attached to an aromatic ring is 1. The van der Waals surface area contributed by atoms with Crippen molar-refractivity contribution in [1.29, 1.82) is 5.41 Å². The van der Waals surface area contributed by atoms with E-state index >= 15 is 0 Å². The average molecular weight is 447 g/mol. The minimum atomic E-state index is -3.52. The van der Waals surface area contributed by atoms with Gasteiger partial charge in [-0.1, -0.05) is 42.5 Å². The summed E-state index contributed by atoms with van der Waals surface area (Å²) >= 11 is 0. The number of carboxylic acids is 1. The first kappa shape index (κ1) is 24.0. The minimum Gasteiger partial charge on any atom is -0.481 e. The zero-order chi connectivity index (χ0) is 23.0. The van der Waals surface area contributed by atoms with Gasteiger partial charge in [-0.15, -0.1) is 0 Å². The number of benzene rings is 2. The lowest BCUT2D eigenvalue weighted by molar-refractivity contribution is -0.134. The number of carboxylic acid groups (broad SMARTS) is 1. The van der Waals surface area contributed by atoms with Gasteiger partial charge in [0.15, 0.2) is 0 Å². The monoisotopic (exact) mass is 446 g/mol. The fourth-order valence-electron chi connectivity index (χ4n) is 3.01. The Morgan fingerprint density at radius 2 is 1.52 bits per heavy atom. The van der Waals surface area contributed by atoms with Gasteiger partial charge < -0.3 is 15.7 Å². The quantitative estimate of drug-likeness (QED) is 0.464. The van der Waals surface area contributed by atoms with Crippen LogP contribution in [0.4, 0.5) is 0 Å². The van der Waals surface area contributed by atoms with Gasteiger partial charge in [0.1, 0.15) is 5.84 Å². The van der Waals surface area contributed by atoms with E-state index in [1.54, 1.807) is 59.5 Å². The Labute approximate surface area is 181 Å². The summed E-state index contributed by atoms with van der Waals surface area (Å²) in [5, 5.41) is 14.8. The highest BCUT2D eigenvalue weighted by atomic mass is 32.2. The first-order valence-electron chi connectivity index (χ1n) is 9.57. The number of hydrogen-bond donors (Lipinski definition) is 3. The molecule has 0 aliphatic carbocycles. The highest BCUT2D eigenvalue weighted by Gasteiger charge is 2.29. The van der Waals surface area contributed by atoms with E-state index in [0.29, 0.717) is 18.7 Å². The summed E-state index contributed by atoms with van der Waals surface area (Å²) in [5.74, 6) is -0.883. The molecule has 31 heavy (non-hydrogen) atoms. The predicted octanol–water partition coefficient (Wildman–Crippen LogP) is 1.14. The molecule has 0 unspecified atom stereocenters. The smallest absolute Gasteiger partial charge is 0.300 e. The Bertz CT molecular complexity index is 1010. The topological polar surface area (TPSA) is 145 Å². The molecule has 0 atom stereocenters. The van der Waals surface area contributed by atoms with E-state index in [1.165, 1.54) is 4.31 Å². The summed E-state index contributed by atoms with van der Waals surface area (Å²) in [6, 6.07) is 15.3. The summed E-state index contributed by atoms with van der Waals surface area (Å²) in [4.78, 5) is 23.5. The van der Waals surface area contributed by atoms with Gasteiger partial charge in [0.05, 0.1) is 11.3 Å². The molecular formula is C21H26N4O5S. The third kappa shape index (κ3) is 6.90. The zero-order valence-corrected chi connectivity index (χ0v) is 18.0. The second-order valence-electron chi connectivity index (χ2n) is 6.90. The molecule has 10 heteroatoms. The van der Waals surface area contributed by atoms with Crippen LogP contribution < -0.4 is 5.73 Å². The van der Waals surface area contributed by atoms with Gasteiger partial charge in [-0.3, -0.25) is 15.0 Å². The first-order chi connectivity index (χ1) is 14.6. The number of carbonyl (C=O) groups is 2. The SMILES string of the molecule is CC(=O)O.N=C(N)c1ccc(CC(=O)N2CCN(S(=O)(=O)c3ccccc3)CC2)cc1. The number of amides is 1. The summed E-state index contributed by atoms with van der Waals surface area (Å²) in [7, 11) is -3.52. The largest absolute Gasteiger partial charge is 0.481 e. The summed E-state index contributed by atoms with van der Waals surface area (Å²) in [5.41, 5.74) is 6.88. The molecule has 0 aromatic heterocycles. The maximum atomic E-state index is 12.6. The summed E-state index contributed by atoms with van der Waals surface area (Å²) in [6.45, 7) is 2.39. The fourth-order valence-corrected chi connectivity index (χ4v) is 4.45. The van der Waals surface area contributed by atoms with E-state index in [2.05, 4.69) is 0 Å². The second kappa shape index (κ2) is 10.7. The Morgan fingerprint density at radius 3 is 2.00 bits per heavy atom. The molecule has 1 saturated heterocycles. The third-order valence-corrected chi connectivity index (χ3v) is 6.51. The number of aliphatic carboxylic acids is 1. The molecule has 1 aliphatic heterocycles. The molecule has 0 saturated carbocycles. The molecule has 9 nitrogen and oxygen atoms in total. The molecule has 0 spiro atoms. The minimum absolute atomic E-state index is 0.0105. The molecule has 2 aromatic carbocycles. The van der Waals surface area contributed by atoms with E-state index in [9.17, 15) is 13.2 Å². The predicted molar refractivity (Wildman–Crippen MR) is 116 cm³/mol. The van der Waals surface area contributed by atoms with Gasteiger partial charge in [-0.05, 0) is 17.7 Å². The van der Waals surface area contributed by atoms with Crippen molar-refractivity contribution in [2.45, 2.75) is 18.2 Å². The Morgan fingerprint density at radius 1 is 1.00 bits per heavy atom. The molecular weight excluding hydrogens is 420 g/mol. The van der Waals surface area contributed by atoms with Gasteiger partial charge in [0.25, 0.3) is 5.97 Å². The Hall–Kier alpha value is -3.24. The summed E-state index contributed by atoms with van der Waals surface area (Å²) in [6.07, 6.45) is 0.240. The van der Waals surface area contributed by atoms with Crippen LogP contribution in [-0.2, 0) is 26.0 Å². The summed E-state index contributed by atoms with van der Waals surface area (Å²) < 4.78 is 26.7. The normalized spacial score (nSPS) is 14.3. The lowest BCUT2D eigenvalue weighted by atomic mass is 10.1. The molecule has 4 N–H and O–H groups in total. The second-order valence-corrected chi connectivity index (χ2v) is 8.84. The number of sulfonamides is 1. The van der Waals surface area contributed by atoms with Crippen molar-refractivity contribution in [2.24, 2.45) is 5.73 Å². The van der Waals surface area contributed by atoms with Crippen LogP contribution in [0.1, 0.15) is 18.1 Å². The van der Waals surface area contributed by atoms with Crippen molar-refractivity contribution in [3.63, 3.8) is 0 Å². The molecule has 1 fully saturated rings.